The molecule has 0 N–H and O–H groups in total. The van der Waals surface area contributed by atoms with Gasteiger partial charge in [-0.15, -0.1) is 0 Å². The van der Waals surface area contributed by atoms with Gasteiger partial charge >= 0.3 is 0 Å². The maximum atomic E-state index is 2.68. The number of fused-ring (bicyclic) bond motifs is 10. The van der Waals surface area contributed by atoms with E-state index in [1.54, 1.807) is 39.0 Å². The summed E-state index contributed by atoms with van der Waals surface area (Å²) in [6.07, 6.45) is 33.5. The predicted octanol–water partition coefficient (Wildman–Crippen LogP) is 16.8. The lowest BCUT2D eigenvalue weighted by atomic mass is 9.65. The second-order valence-electron chi connectivity index (χ2n) is 19.9. The highest BCUT2D eigenvalue weighted by Crippen LogP contribution is 2.65. The Balaban J connectivity index is 0.833. The summed E-state index contributed by atoms with van der Waals surface area (Å²) < 4.78 is 0. The lowest BCUT2D eigenvalue weighted by molar-refractivity contribution is 0.660. The van der Waals surface area contributed by atoms with Gasteiger partial charge in [0.25, 0.3) is 0 Å². The summed E-state index contributed by atoms with van der Waals surface area (Å²) in [4.78, 5) is 2.52. The van der Waals surface area contributed by atoms with E-state index in [0.717, 1.165) is 57.8 Å². The van der Waals surface area contributed by atoms with Gasteiger partial charge in [-0.3, -0.25) is 0 Å². The van der Waals surface area contributed by atoms with Crippen molar-refractivity contribution in [1.82, 2.24) is 0 Å². The third-order valence-electron chi connectivity index (χ3n) is 16.3. The second kappa shape index (κ2) is 14.9. The van der Waals surface area contributed by atoms with Crippen LogP contribution in [0.4, 0.5) is 11.4 Å². The van der Waals surface area contributed by atoms with E-state index in [4.69, 9.17) is 0 Å². The smallest absolute Gasteiger partial charge is 0.0715 e. The molecule has 0 bridgehead atoms. The normalized spacial score (nSPS) is 22.0. The minimum Gasteiger partial charge on any atom is -0.314 e. The van der Waals surface area contributed by atoms with Crippen LogP contribution in [-0.4, -0.2) is 0 Å². The molecule has 1 heteroatoms. The number of anilines is 2. The molecule has 8 aliphatic rings. The summed E-state index contributed by atoms with van der Waals surface area (Å²) in [6.45, 7) is 4.77. The zero-order valence-electron chi connectivity index (χ0n) is 37.8. The van der Waals surface area contributed by atoms with Crippen molar-refractivity contribution < 1.29 is 0 Å². The first-order chi connectivity index (χ1) is 32.0. The molecule has 1 nitrogen and oxygen atoms in total. The van der Waals surface area contributed by atoms with Gasteiger partial charge in [-0.05, 0) is 195 Å². The predicted molar refractivity (Wildman–Crippen MR) is 272 cm³/mol. The summed E-state index contributed by atoms with van der Waals surface area (Å²) in [6, 6.07) is 45.5. The summed E-state index contributed by atoms with van der Waals surface area (Å²) in [7, 11) is 0. The van der Waals surface area contributed by atoms with E-state index in [0.29, 0.717) is 0 Å². The van der Waals surface area contributed by atoms with E-state index >= 15 is 0 Å². The van der Waals surface area contributed by atoms with Crippen molar-refractivity contribution in [3.8, 4) is 22.3 Å². The number of benzene rings is 5. The van der Waals surface area contributed by atoms with Crippen molar-refractivity contribution in [3.05, 3.63) is 254 Å². The number of rotatable bonds is 6. The summed E-state index contributed by atoms with van der Waals surface area (Å²) >= 11 is 0. The summed E-state index contributed by atoms with van der Waals surface area (Å²) in [5.74, 6) is 0. The molecule has 65 heavy (non-hydrogen) atoms. The van der Waals surface area contributed by atoms with Crippen LogP contribution in [-0.2, 0) is 10.8 Å². The molecule has 316 valence electrons. The first-order valence-corrected chi connectivity index (χ1v) is 24.3. The molecule has 0 heterocycles. The fraction of sp³-hybridized carbons (Fsp3) is 0.219. The van der Waals surface area contributed by atoms with E-state index < -0.39 is 0 Å². The number of hydrogen-bond acceptors (Lipinski definition) is 1. The Kier molecular flexibility index (Phi) is 8.90. The van der Waals surface area contributed by atoms with Crippen LogP contribution < -0.4 is 4.90 Å². The van der Waals surface area contributed by atoms with Crippen LogP contribution in [0.3, 0.4) is 0 Å². The summed E-state index contributed by atoms with van der Waals surface area (Å²) in [5.41, 5.74) is 30.2. The first-order valence-electron chi connectivity index (χ1n) is 24.3. The van der Waals surface area contributed by atoms with Gasteiger partial charge in [0.05, 0.1) is 5.41 Å². The van der Waals surface area contributed by atoms with Crippen LogP contribution in [0.5, 0.6) is 0 Å². The molecule has 1 unspecified atom stereocenters. The highest BCUT2D eigenvalue weighted by atomic mass is 15.1. The number of nitrogens with zero attached hydrogens (tertiary/aromatic N) is 1. The van der Waals surface area contributed by atoms with Gasteiger partial charge in [0.1, 0.15) is 0 Å². The van der Waals surface area contributed by atoms with Crippen molar-refractivity contribution in [2.45, 2.75) is 88.9 Å². The molecule has 1 atom stereocenters. The van der Waals surface area contributed by atoms with E-state index in [9.17, 15) is 0 Å². The van der Waals surface area contributed by atoms with Gasteiger partial charge in [0.15, 0.2) is 0 Å². The fourth-order valence-corrected chi connectivity index (χ4v) is 13.2. The Morgan fingerprint density at radius 2 is 0.985 bits per heavy atom. The SMILES string of the molecule is CC1(C)c2ccccc2-c2ccc(N(C3=CC=C(C4=CC=C(C5=CC6=C(CC5)C5=C(C=CCC5)C65C6=C(CCC=C6)c6ccccc65)CC4)CC3)c3ccc(-c4ccccc4)cc3)cc21. The maximum absolute atomic E-state index is 2.68. The van der Waals surface area contributed by atoms with E-state index in [-0.39, 0.29) is 10.8 Å². The fourth-order valence-electron chi connectivity index (χ4n) is 13.2. The molecular weight excluding hydrogens is 783 g/mol. The molecule has 8 aliphatic carbocycles. The largest absolute Gasteiger partial charge is 0.314 e. The monoisotopic (exact) mass is 837 g/mol. The Hall–Kier alpha value is -6.70. The zero-order chi connectivity index (χ0) is 43.3. The molecule has 5 aromatic rings. The Bertz CT molecular complexity index is 3190. The molecule has 0 radical (unpaired) electrons. The minimum absolute atomic E-state index is 0.0620. The van der Waals surface area contributed by atoms with Gasteiger partial charge in [0.2, 0.25) is 0 Å². The van der Waals surface area contributed by atoms with Crippen molar-refractivity contribution in [2.75, 3.05) is 4.90 Å². The van der Waals surface area contributed by atoms with Crippen LogP contribution in [0.25, 0.3) is 27.8 Å². The molecule has 0 amide bonds. The minimum atomic E-state index is -0.165. The molecule has 1 spiro atoms. The molecule has 5 aromatic carbocycles. The van der Waals surface area contributed by atoms with Crippen LogP contribution >= 0.6 is 0 Å². The lowest BCUT2D eigenvalue weighted by Crippen LogP contribution is -2.29. The van der Waals surface area contributed by atoms with Gasteiger partial charge in [-0.1, -0.05) is 160 Å². The van der Waals surface area contributed by atoms with Crippen LogP contribution in [0.2, 0.25) is 0 Å². The van der Waals surface area contributed by atoms with Crippen LogP contribution in [0, 0.1) is 0 Å². The molecule has 0 fully saturated rings. The highest BCUT2D eigenvalue weighted by Gasteiger charge is 2.54. The Labute approximate surface area is 385 Å². The van der Waals surface area contributed by atoms with Gasteiger partial charge in [-0.25, -0.2) is 0 Å². The van der Waals surface area contributed by atoms with Crippen molar-refractivity contribution >= 4 is 16.9 Å². The zero-order valence-corrected chi connectivity index (χ0v) is 37.8. The molecular formula is C64H55N. The topological polar surface area (TPSA) is 3.24 Å². The van der Waals surface area contributed by atoms with Gasteiger partial charge in [0, 0.05) is 22.5 Å². The quantitative estimate of drug-likeness (QED) is 0.165. The van der Waals surface area contributed by atoms with Crippen molar-refractivity contribution in [3.63, 3.8) is 0 Å². The first kappa shape index (κ1) is 38.7. The average molecular weight is 838 g/mol. The third-order valence-corrected chi connectivity index (χ3v) is 16.3. The van der Waals surface area contributed by atoms with Gasteiger partial charge in [-0.2, -0.15) is 0 Å². The third kappa shape index (κ3) is 5.83. The van der Waals surface area contributed by atoms with E-state index in [2.05, 4.69) is 195 Å². The van der Waals surface area contributed by atoms with Crippen LogP contribution in [0.1, 0.15) is 100 Å². The molecule has 13 rings (SSSR count). The Morgan fingerprint density at radius 3 is 1.72 bits per heavy atom. The van der Waals surface area contributed by atoms with Crippen LogP contribution in [0.15, 0.2) is 232 Å². The number of allylic oxidation sites excluding steroid dienone is 20. The summed E-state index contributed by atoms with van der Waals surface area (Å²) in [5, 5.41) is 0. The maximum Gasteiger partial charge on any atom is 0.0715 e. The molecule has 0 saturated carbocycles. The molecule has 0 aromatic heterocycles. The standard InChI is InChI=1S/C64H55N/c1-63(2)57-20-10-6-16-51(57)55-39-37-50(41-61(55)63)65(48-33-28-44(29-34-48)42-14-4-3-5-15-42)49-35-30-45(31-36-49)43-24-26-46(27-25-43)47-32-38-56-54-19-9-13-23-60(54)64(62(56)40-47)58-21-11-7-17-52(58)53-18-8-12-22-59(53)64/h3-7,10-17,20-24,26,28-30,33-35,37,39-41H,8-9,18-19,25,27,31-32,36,38H2,1-2H3. The lowest BCUT2D eigenvalue weighted by Gasteiger charge is -2.36. The Morgan fingerprint density at radius 1 is 0.415 bits per heavy atom. The van der Waals surface area contributed by atoms with Crippen molar-refractivity contribution in [2.24, 2.45) is 0 Å². The molecule has 0 saturated heterocycles. The second-order valence-corrected chi connectivity index (χ2v) is 19.9. The average Bonchev–Trinajstić information content (AvgIpc) is 3.93. The van der Waals surface area contributed by atoms with Crippen molar-refractivity contribution in [1.29, 1.82) is 0 Å². The molecule has 0 aliphatic heterocycles. The van der Waals surface area contributed by atoms with E-state index in [1.165, 1.54) is 84.7 Å². The number of hydrogen-bond donors (Lipinski definition) is 0. The highest BCUT2D eigenvalue weighted by molar-refractivity contribution is 5.92. The van der Waals surface area contributed by atoms with E-state index in [1.807, 2.05) is 0 Å². The van der Waals surface area contributed by atoms with Gasteiger partial charge < -0.3 is 4.90 Å².